The van der Waals surface area contributed by atoms with Crippen LogP contribution in [-0.4, -0.2) is 74.6 Å². The summed E-state index contributed by atoms with van der Waals surface area (Å²) in [5.74, 6) is -0.870. The molecule has 1 heterocycles. The zero-order chi connectivity index (χ0) is 15.7. The summed E-state index contributed by atoms with van der Waals surface area (Å²) in [5.41, 5.74) is 0. The fourth-order valence-electron chi connectivity index (χ4n) is 2.22. The maximum absolute atomic E-state index is 12.4. The highest BCUT2D eigenvalue weighted by Crippen LogP contribution is 2.16. The van der Waals surface area contributed by atoms with E-state index in [4.69, 9.17) is 14.6 Å². The number of carbonyl (C=O) groups excluding carboxylic acids is 2. The number of esters is 1. The van der Waals surface area contributed by atoms with Gasteiger partial charge in [0.25, 0.3) is 5.91 Å². The summed E-state index contributed by atoms with van der Waals surface area (Å²) in [6.45, 7) is 3.43. The van der Waals surface area contributed by atoms with E-state index < -0.39 is 12.0 Å². The van der Waals surface area contributed by atoms with Gasteiger partial charge >= 0.3 is 5.97 Å². The van der Waals surface area contributed by atoms with E-state index >= 15 is 0 Å². The molecule has 1 saturated heterocycles. The van der Waals surface area contributed by atoms with Gasteiger partial charge in [0.1, 0.15) is 6.10 Å². The quantitative estimate of drug-likeness (QED) is 0.469. The Bertz CT molecular complexity index is 329. The number of hydrogen-bond donors (Lipinski definition) is 1. The van der Waals surface area contributed by atoms with Gasteiger partial charge in [-0.15, -0.1) is 0 Å². The number of carbonyl (C=O) groups is 2. The van der Waals surface area contributed by atoms with Crippen LogP contribution in [0.4, 0.5) is 0 Å². The SMILES string of the molecule is COC(=O)C(C)CN(CCOCCO)C(=O)C1CCCO1. The number of rotatable bonds is 9. The maximum atomic E-state index is 12.4. The number of aliphatic hydroxyl groups is 1. The molecule has 0 saturated carbocycles. The van der Waals surface area contributed by atoms with Gasteiger partial charge in [-0.2, -0.15) is 0 Å². The third kappa shape index (κ3) is 5.99. The van der Waals surface area contributed by atoms with Gasteiger partial charge in [-0.1, -0.05) is 6.92 Å². The third-order valence-electron chi connectivity index (χ3n) is 3.36. The van der Waals surface area contributed by atoms with Crippen molar-refractivity contribution in [2.24, 2.45) is 5.92 Å². The second kappa shape index (κ2) is 9.70. The molecule has 7 heteroatoms. The number of hydrogen-bond acceptors (Lipinski definition) is 6. The van der Waals surface area contributed by atoms with Crippen LogP contribution in [0.3, 0.4) is 0 Å². The summed E-state index contributed by atoms with van der Waals surface area (Å²) in [6, 6.07) is 0. The molecule has 0 aromatic heterocycles. The van der Waals surface area contributed by atoms with Gasteiger partial charge in [-0.05, 0) is 12.8 Å². The van der Waals surface area contributed by atoms with Crippen molar-refractivity contribution in [1.82, 2.24) is 4.90 Å². The van der Waals surface area contributed by atoms with Gasteiger partial charge in [-0.3, -0.25) is 9.59 Å². The minimum atomic E-state index is -0.423. The lowest BCUT2D eigenvalue weighted by atomic mass is 10.1. The molecule has 1 N–H and O–H groups in total. The maximum Gasteiger partial charge on any atom is 0.310 e. The lowest BCUT2D eigenvalue weighted by Crippen LogP contribution is -2.44. The van der Waals surface area contributed by atoms with Crippen molar-refractivity contribution in [3.8, 4) is 0 Å². The predicted octanol–water partition coefficient (Wildman–Crippen LogP) is -0.188. The number of aliphatic hydroxyl groups excluding tert-OH is 1. The molecule has 2 atom stereocenters. The van der Waals surface area contributed by atoms with Crippen molar-refractivity contribution in [2.45, 2.75) is 25.9 Å². The van der Waals surface area contributed by atoms with Crippen molar-refractivity contribution >= 4 is 11.9 Å². The summed E-state index contributed by atoms with van der Waals surface area (Å²) in [4.78, 5) is 25.5. The summed E-state index contributed by atoms with van der Waals surface area (Å²) in [6.07, 6.45) is 1.16. The molecule has 0 aromatic carbocycles. The van der Waals surface area contributed by atoms with Crippen LogP contribution in [0.2, 0.25) is 0 Å². The summed E-state index contributed by atoms with van der Waals surface area (Å²) in [5, 5.41) is 8.68. The monoisotopic (exact) mass is 303 g/mol. The summed E-state index contributed by atoms with van der Waals surface area (Å²) < 4.78 is 15.3. The van der Waals surface area contributed by atoms with Crippen LogP contribution in [0, 0.1) is 5.92 Å². The van der Waals surface area contributed by atoms with Gasteiger partial charge in [0.2, 0.25) is 0 Å². The molecule has 122 valence electrons. The normalized spacial score (nSPS) is 19.3. The molecule has 1 rings (SSSR count). The molecule has 2 unspecified atom stereocenters. The standard InChI is InChI=1S/C14H25NO6/c1-11(14(18)19-2)10-15(5-8-20-9-6-16)13(17)12-4-3-7-21-12/h11-12,16H,3-10H2,1-2H3. The molecule has 1 aliphatic rings. The minimum Gasteiger partial charge on any atom is -0.469 e. The fourth-order valence-corrected chi connectivity index (χ4v) is 2.22. The lowest BCUT2D eigenvalue weighted by molar-refractivity contribution is -0.148. The Kier molecular flexibility index (Phi) is 8.26. The topological polar surface area (TPSA) is 85.3 Å². The largest absolute Gasteiger partial charge is 0.469 e. The Labute approximate surface area is 125 Å². The molecule has 1 fully saturated rings. The first-order valence-electron chi connectivity index (χ1n) is 7.27. The first-order chi connectivity index (χ1) is 10.1. The minimum absolute atomic E-state index is 0.0573. The highest BCUT2D eigenvalue weighted by molar-refractivity contribution is 5.82. The van der Waals surface area contributed by atoms with Crippen LogP contribution in [-0.2, 0) is 23.8 Å². The zero-order valence-corrected chi connectivity index (χ0v) is 12.7. The Balaban J connectivity index is 2.55. The van der Waals surface area contributed by atoms with E-state index in [9.17, 15) is 9.59 Å². The van der Waals surface area contributed by atoms with Gasteiger partial charge < -0.3 is 24.2 Å². The van der Waals surface area contributed by atoms with Crippen molar-refractivity contribution in [1.29, 1.82) is 0 Å². The van der Waals surface area contributed by atoms with Crippen LogP contribution in [0.5, 0.6) is 0 Å². The molecular formula is C14H25NO6. The van der Waals surface area contributed by atoms with Crippen LogP contribution in [0.25, 0.3) is 0 Å². The average Bonchev–Trinajstić information content (AvgIpc) is 3.02. The molecule has 0 spiro atoms. The Morgan fingerprint density at radius 2 is 2.19 bits per heavy atom. The zero-order valence-electron chi connectivity index (χ0n) is 12.7. The van der Waals surface area contributed by atoms with Crippen LogP contribution in [0.15, 0.2) is 0 Å². The second-order valence-corrected chi connectivity index (χ2v) is 5.05. The molecule has 7 nitrogen and oxygen atoms in total. The number of ether oxygens (including phenoxy) is 3. The number of methoxy groups -OCH3 is 1. The van der Waals surface area contributed by atoms with E-state index in [0.29, 0.717) is 26.2 Å². The number of nitrogens with zero attached hydrogens (tertiary/aromatic N) is 1. The smallest absolute Gasteiger partial charge is 0.310 e. The van der Waals surface area contributed by atoms with Gasteiger partial charge in [0.15, 0.2) is 0 Å². The van der Waals surface area contributed by atoms with Crippen LogP contribution in [0.1, 0.15) is 19.8 Å². The molecule has 0 radical (unpaired) electrons. The van der Waals surface area contributed by atoms with E-state index in [1.165, 1.54) is 7.11 Å². The number of amides is 1. The summed E-state index contributed by atoms with van der Waals surface area (Å²) >= 11 is 0. The van der Waals surface area contributed by atoms with E-state index in [-0.39, 0.29) is 31.6 Å². The highest BCUT2D eigenvalue weighted by atomic mass is 16.5. The Hall–Kier alpha value is -1.18. The van der Waals surface area contributed by atoms with Crippen LogP contribution >= 0.6 is 0 Å². The molecular weight excluding hydrogens is 278 g/mol. The van der Waals surface area contributed by atoms with Crippen molar-refractivity contribution in [2.75, 3.05) is 46.6 Å². The van der Waals surface area contributed by atoms with E-state index in [1.807, 2.05) is 0 Å². The van der Waals surface area contributed by atoms with Crippen molar-refractivity contribution in [3.05, 3.63) is 0 Å². The first kappa shape index (κ1) is 17.9. The predicted molar refractivity (Wildman–Crippen MR) is 74.6 cm³/mol. The Morgan fingerprint density at radius 1 is 1.43 bits per heavy atom. The molecule has 1 amide bonds. The molecule has 0 aliphatic carbocycles. The van der Waals surface area contributed by atoms with Crippen molar-refractivity contribution < 1.29 is 28.9 Å². The van der Waals surface area contributed by atoms with E-state index in [0.717, 1.165) is 6.42 Å². The lowest BCUT2D eigenvalue weighted by Gasteiger charge is -2.27. The molecule has 1 aliphatic heterocycles. The summed E-state index contributed by atoms with van der Waals surface area (Å²) in [7, 11) is 1.33. The average molecular weight is 303 g/mol. The van der Waals surface area contributed by atoms with Gasteiger partial charge in [0.05, 0.1) is 32.8 Å². The van der Waals surface area contributed by atoms with Gasteiger partial charge in [-0.25, -0.2) is 0 Å². The first-order valence-corrected chi connectivity index (χ1v) is 7.27. The second-order valence-electron chi connectivity index (χ2n) is 5.05. The molecule has 21 heavy (non-hydrogen) atoms. The molecule has 0 bridgehead atoms. The third-order valence-corrected chi connectivity index (χ3v) is 3.36. The van der Waals surface area contributed by atoms with E-state index in [2.05, 4.69) is 4.74 Å². The van der Waals surface area contributed by atoms with Gasteiger partial charge in [0, 0.05) is 19.7 Å². The van der Waals surface area contributed by atoms with Crippen LogP contribution < -0.4 is 0 Å². The Morgan fingerprint density at radius 3 is 2.76 bits per heavy atom. The molecule has 0 aromatic rings. The van der Waals surface area contributed by atoms with Crippen molar-refractivity contribution in [3.63, 3.8) is 0 Å². The fraction of sp³-hybridized carbons (Fsp3) is 0.857. The highest BCUT2D eigenvalue weighted by Gasteiger charge is 2.30. The van der Waals surface area contributed by atoms with E-state index in [1.54, 1.807) is 11.8 Å².